The van der Waals surface area contributed by atoms with Crippen molar-refractivity contribution < 1.29 is 28.6 Å². The molecule has 1 N–H and O–H groups in total. The van der Waals surface area contributed by atoms with E-state index in [-0.39, 0.29) is 19.0 Å². The van der Waals surface area contributed by atoms with E-state index in [0.717, 1.165) is 20.9 Å². The van der Waals surface area contributed by atoms with Gasteiger partial charge in [0.2, 0.25) is 0 Å². The van der Waals surface area contributed by atoms with E-state index in [0.29, 0.717) is 34.7 Å². The van der Waals surface area contributed by atoms with Gasteiger partial charge in [0.1, 0.15) is 11.7 Å². The van der Waals surface area contributed by atoms with Gasteiger partial charge < -0.3 is 19.5 Å². The molecule has 8 heteroatoms. The quantitative estimate of drug-likeness (QED) is 0.399. The number of nitrogens with one attached hydrogen (secondary N) is 1. The third-order valence-corrected chi connectivity index (χ3v) is 7.97. The number of Topliss-reactive ketones (excluding diaryl/α,β-unsaturated/α-hetero) is 1. The minimum absolute atomic E-state index is 0.158. The van der Waals surface area contributed by atoms with Gasteiger partial charge in [-0.25, -0.2) is 4.79 Å². The molecule has 2 heterocycles. The minimum Gasteiger partial charge on any atom is -0.496 e. The minimum atomic E-state index is -1.07. The summed E-state index contributed by atoms with van der Waals surface area (Å²) < 4.78 is 16.4. The molecule has 0 unspecified atom stereocenters. The Bertz CT molecular complexity index is 1300. The van der Waals surface area contributed by atoms with Gasteiger partial charge in [0, 0.05) is 38.6 Å². The van der Waals surface area contributed by atoms with E-state index in [1.54, 1.807) is 32.3 Å². The standard InChI is InChI=1S/C29H33NO6S/c1-7-35-28(32)23-16(4)30-21-14-20(18-11-9-10-12-22(18)34-6)25(29(33)36-8-2)27(31)26(21)24(23)19-13-15(3)37-17(19)5/h9-13,20,24-25,30H,7-8,14H2,1-6H3/t20-,24+,25-/m0/s1. The summed E-state index contributed by atoms with van der Waals surface area (Å²) in [5.74, 6) is -2.97. The number of methoxy groups -OCH3 is 1. The maximum Gasteiger partial charge on any atom is 0.336 e. The largest absolute Gasteiger partial charge is 0.496 e. The number of para-hydroxylation sites is 1. The van der Waals surface area contributed by atoms with Crippen molar-refractivity contribution in [2.75, 3.05) is 20.3 Å². The zero-order valence-corrected chi connectivity index (χ0v) is 22.9. The van der Waals surface area contributed by atoms with Crippen molar-refractivity contribution in [3.8, 4) is 5.75 Å². The topological polar surface area (TPSA) is 90.9 Å². The molecular formula is C29H33NO6S. The van der Waals surface area contributed by atoms with E-state index in [4.69, 9.17) is 14.2 Å². The lowest BCUT2D eigenvalue weighted by Crippen LogP contribution is -2.43. The Balaban J connectivity index is 1.93. The molecular weight excluding hydrogens is 490 g/mol. The molecule has 196 valence electrons. The van der Waals surface area contributed by atoms with Gasteiger partial charge in [0.05, 0.1) is 25.9 Å². The molecule has 0 saturated carbocycles. The lowest BCUT2D eigenvalue weighted by Gasteiger charge is -2.39. The van der Waals surface area contributed by atoms with Gasteiger partial charge in [0.15, 0.2) is 5.78 Å². The van der Waals surface area contributed by atoms with Crippen LogP contribution in [0.25, 0.3) is 0 Å². The lowest BCUT2D eigenvalue weighted by molar-refractivity contribution is -0.152. The predicted octanol–water partition coefficient (Wildman–Crippen LogP) is 5.09. The first-order valence-electron chi connectivity index (χ1n) is 12.5. The van der Waals surface area contributed by atoms with E-state index >= 15 is 0 Å². The average molecular weight is 524 g/mol. The van der Waals surface area contributed by atoms with Crippen LogP contribution in [-0.2, 0) is 23.9 Å². The van der Waals surface area contributed by atoms with Crippen LogP contribution >= 0.6 is 11.3 Å². The van der Waals surface area contributed by atoms with E-state index < -0.39 is 29.7 Å². The van der Waals surface area contributed by atoms with Gasteiger partial charge in [-0.1, -0.05) is 18.2 Å². The Morgan fingerprint density at radius 2 is 1.76 bits per heavy atom. The van der Waals surface area contributed by atoms with Crippen LogP contribution < -0.4 is 10.1 Å². The summed E-state index contributed by atoms with van der Waals surface area (Å²) >= 11 is 1.61. The number of carbonyl (C=O) groups is 3. The average Bonchev–Trinajstić information content (AvgIpc) is 3.20. The Morgan fingerprint density at radius 3 is 2.38 bits per heavy atom. The molecule has 0 radical (unpaired) electrons. The second-order valence-corrected chi connectivity index (χ2v) is 10.7. The van der Waals surface area contributed by atoms with Crippen LogP contribution in [0.4, 0.5) is 0 Å². The van der Waals surface area contributed by atoms with E-state index in [1.165, 1.54) is 0 Å². The van der Waals surface area contributed by atoms with Crippen LogP contribution in [0.15, 0.2) is 52.9 Å². The van der Waals surface area contributed by atoms with Crippen molar-refractivity contribution >= 4 is 29.1 Å². The number of dihydropyridines is 1. The molecule has 1 aromatic heterocycles. The van der Waals surface area contributed by atoms with Gasteiger partial charge in [-0.2, -0.15) is 0 Å². The second-order valence-electron chi connectivity index (χ2n) is 9.22. The van der Waals surface area contributed by atoms with Gasteiger partial charge in [-0.3, -0.25) is 9.59 Å². The third kappa shape index (κ3) is 4.82. The van der Waals surface area contributed by atoms with E-state index in [2.05, 4.69) is 5.32 Å². The molecule has 0 saturated heterocycles. The number of allylic oxidation sites excluding steroid dienone is 3. The number of thiophene rings is 1. The molecule has 4 rings (SSSR count). The summed E-state index contributed by atoms with van der Waals surface area (Å²) in [6.45, 7) is 9.67. The second kappa shape index (κ2) is 10.9. The first-order chi connectivity index (χ1) is 17.7. The highest BCUT2D eigenvalue weighted by molar-refractivity contribution is 7.12. The smallest absolute Gasteiger partial charge is 0.336 e. The molecule has 0 amide bonds. The number of hydrogen-bond acceptors (Lipinski definition) is 8. The molecule has 37 heavy (non-hydrogen) atoms. The van der Waals surface area contributed by atoms with Gasteiger partial charge in [-0.15, -0.1) is 11.3 Å². The molecule has 1 aliphatic carbocycles. The Kier molecular flexibility index (Phi) is 7.87. The maximum absolute atomic E-state index is 14.4. The van der Waals surface area contributed by atoms with Crippen LogP contribution in [-0.4, -0.2) is 38.0 Å². The maximum atomic E-state index is 14.4. The van der Waals surface area contributed by atoms with Crippen molar-refractivity contribution in [2.45, 2.75) is 52.9 Å². The highest BCUT2D eigenvalue weighted by Gasteiger charge is 2.50. The summed E-state index contributed by atoms with van der Waals surface area (Å²) in [6, 6.07) is 9.45. The number of carbonyl (C=O) groups excluding carboxylic acids is 3. The van der Waals surface area contributed by atoms with Crippen LogP contribution in [0, 0.1) is 19.8 Å². The number of hydrogen-bond donors (Lipinski definition) is 1. The molecule has 0 spiro atoms. The lowest BCUT2D eigenvalue weighted by atomic mass is 9.67. The summed E-state index contributed by atoms with van der Waals surface area (Å²) in [6.07, 6.45) is 0.386. The Labute approximate surface area is 221 Å². The first kappa shape index (κ1) is 26.7. The monoisotopic (exact) mass is 523 g/mol. The zero-order valence-electron chi connectivity index (χ0n) is 22.1. The number of ether oxygens (including phenoxy) is 3. The fourth-order valence-corrected chi connectivity index (χ4v) is 6.49. The van der Waals surface area contributed by atoms with Crippen LogP contribution in [0.2, 0.25) is 0 Å². The molecule has 7 nitrogen and oxygen atoms in total. The normalized spacial score (nSPS) is 21.4. The van der Waals surface area contributed by atoms with Crippen molar-refractivity contribution in [1.29, 1.82) is 0 Å². The predicted molar refractivity (Wildman–Crippen MR) is 142 cm³/mol. The highest BCUT2D eigenvalue weighted by Crippen LogP contribution is 2.50. The van der Waals surface area contributed by atoms with Crippen molar-refractivity contribution in [3.63, 3.8) is 0 Å². The van der Waals surface area contributed by atoms with Gasteiger partial charge in [-0.05, 0) is 64.3 Å². The number of esters is 2. The van der Waals surface area contributed by atoms with Crippen molar-refractivity contribution in [2.24, 2.45) is 5.92 Å². The number of aryl methyl sites for hydroxylation is 2. The number of rotatable bonds is 7. The van der Waals surface area contributed by atoms with Crippen LogP contribution in [0.1, 0.15) is 59.9 Å². The summed E-state index contributed by atoms with van der Waals surface area (Å²) in [5.41, 5.74) is 3.83. The fraction of sp³-hybridized carbons (Fsp3) is 0.414. The molecule has 0 fully saturated rings. The van der Waals surface area contributed by atoms with Crippen molar-refractivity contribution in [1.82, 2.24) is 5.32 Å². The van der Waals surface area contributed by atoms with E-state index in [1.807, 2.05) is 51.1 Å². The molecule has 2 aliphatic rings. The molecule has 0 bridgehead atoms. The van der Waals surface area contributed by atoms with Gasteiger partial charge >= 0.3 is 11.9 Å². The molecule has 1 aromatic carbocycles. The molecule has 1 aliphatic heterocycles. The summed E-state index contributed by atoms with van der Waals surface area (Å²) in [5, 5.41) is 3.34. The van der Waals surface area contributed by atoms with Crippen LogP contribution in [0.3, 0.4) is 0 Å². The van der Waals surface area contributed by atoms with Crippen molar-refractivity contribution in [3.05, 3.63) is 73.8 Å². The van der Waals surface area contributed by atoms with E-state index in [9.17, 15) is 14.4 Å². The first-order valence-corrected chi connectivity index (χ1v) is 13.3. The van der Waals surface area contributed by atoms with Crippen LogP contribution in [0.5, 0.6) is 5.75 Å². The fourth-order valence-electron chi connectivity index (χ4n) is 5.53. The third-order valence-electron chi connectivity index (χ3n) is 6.98. The summed E-state index contributed by atoms with van der Waals surface area (Å²) in [4.78, 5) is 43.0. The zero-order chi connectivity index (χ0) is 26.9. The number of benzene rings is 1. The SMILES string of the molecule is CCOC(=O)C1=C(C)NC2=C(C(=O)[C@@H](C(=O)OCC)[C@H](c3ccccc3OC)C2)[C@@H]1c1cc(C)sc1C. The Morgan fingerprint density at radius 1 is 1.05 bits per heavy atom. The van der Waals surface area contributed by atoms with Gasteiger partial charge in [0.25, 0.3) is 0 Å². The number of ketones is 1. The molecule has 3 atom stereocenters. The Hall–Kier alpha value is -3.39. The highest BCUT2D eigenvalue weighted by atomic mass is 32.1. The molecule has 2 aromatic rings. The summed E-state index contributed by atoms with van der Waals surface area (Å²) in [7, 11) is 1.57.